The Morgan fingerprint density at radius 1 is 0.969 bits per heavy atom. The third-order valence-electron chi connectivity index (χ3n) is 4.73. The van der Waals surface area contributed by atoms with Gasteiger partial charge in [-0.05, 0) is 86.0 Å². The molecule has 8 heteroatoms. The Labute approximate surface area is 193 Å². The smallest absolute Gasteiger partial charge is 0.261 e. The van der Waals surface area contributed by atoms with Gasteiger partial charge in [0, 0.05) is 10.7 Å². The molecular weight excluding hydrogens is 448 g/mol. The van der Waals surface area contributed by atoms with Crippen molar-refractivity contribution < 1.29 is 17.9 Å². The van der Waals surface area contributed by atoms with Gasteiger partial charge in [0.25, 0.3) is 15.9 Å². The van der Waals surface area contributed by atoms with Crippen molar-refractivity contribution in [2.24, 2.45) is 0 Å². The lowest BCUT2D eigenvalue weighted by Crippen LogP contribution is -2.31. The SMILES string of the molecule is Cc1cc(C)cc(NS(=O)(=O)c2ccc(OCC(=O)NC(C)c3ccc(Cl)cc3)cc2)c1. The molecule has 168 valence electrons. The molecule has 0 bridgehead atoms. The number of benzene rings is 3. The molecule has 0 aliphatic carbocycles. The van der Waals surface area contributed by atoms with E-state index < -0.39 is 10.0 Å². The normalized spacial score (nSPS) is 12.1. The summed E-state index contributed by atoms with van der Waals surface area (Å²) in [7, 11) is -3.74. The fourth-order valence-corrected chi connectivity index (χ4v) is 4.40. The van der Waals surface area contributed by atoms with Crippen molar-refractivity contribution >= 4 is 33.2 Å². The second-order valence-electron chi connectivity index (χ2n) is 7.58. The Morgan fingerprint density at radius 3 is 2.16 bits per heavy atom. The van der Waals surface area contributed by atoms with Crippen LogP contribution < -0.4 is 14.8 Å². The number of nitrogens with one attached hydrogen (secondary N) is 2. The summed E-state index contributed by atoms with van der Waals surface area (Å²) in [5.41, 5.74) is 3.37. The lowest BCUT2D eigenvalue weighted by molar-refractivity contribution is -0.123. The van der Waals surface area contributed by atoms with Crippen LogP contribution in [0.15, 0.2) is 71.6 Å². The van der Waals surface area contributed by atoms with Crippen LogP contribution in [0.2, 0.25) is 5.02 Å². The molecule has 0 aromatic heterocycles. The van der Waals surface area contributed by atoms with Crippen LogP contribution in [0.5, 0.6) is 5.75 Å². The fraction of sp³-hybridized carbons (Fsp3) is 0.208. The summed E-state index contributed by atoms with van der Waals surface area (Å²) in [5.74, 6) is 0.102. The standard InChI is InChI=1S/C24H25ClN2O4S/c1-16-12-17(2)14-21(13-16)27-32(29,30)23-10-8-22(9-11-23)31-15-24(28)26-18(3)19-4-6-20(25)7-5-19/h4-14,18,27H,15H2,1-3H3,(H,26,28). The van der Waals surface area contributed by atoms with Gasteiger partial charge in [-0.2, -0.15) is 0 Å². The molecular formula is C24H25ClN2O4S. The minimum absolute atomic E-state index is 0.102. The van der Waals surface area contributed by atoms with Crippen molar-refractivity contribution in [3.05, 3.63) is 88.4 Å². The highest BCUT2D eigenvalue weighted by Crippen LogP contribution is 2.21. The average molecular weight is 473 g/mol. The van der Waals surface area contributed by atoms with Crippen molar-refractivity contribution in [3.63, 3.8) is 0 Å². The molecule has 1 unspecified atom stereocenters. The van der Waals surface area contributed by atoms with Gasteiger partial charge in [-0.25, -0.2) is 8.42 Å². The Hall–Kier alpha value is -3.03. The van der Waals surface area contributed by atoms with E-state index >= 15 is 0 Å². The van der Waals surface area contributed by atoms with Crippen LogP contribution in [0.4, 0.5) is 5.69 Å². The first-order chi connectivity index (χ1) is 15.1. The van der Waals surface area contributed by atoms with Crippen LogP contribution in [-0.4, -0.2) is 20.9 Å². The van der Waals surface area contributed by atoms with E-state index in [-0.39, 0.29) is 23.5 Å². The number of ether oxygens (including phenoxy) is 1. The Bertz CT molecular complexity index is 1170. The number of carbonyl (C=O) groups is 1. The third-order valence-corrected chi connectivity index (χ3v) is 6.37. The van der Waals surface area contributed by atoms with E-state index in [2.05, 4.69) is 10.0 Å². The van der Waals surface area contributed by atoms with Crippen molar-refractivity contribution in [1.29, 1.82) is 0 Å². The second-order valence-corrected chi connectivity index (χ2v) is 9.70. The van der Waals surface area contributed by atoms with Gasteiger partial charge in [-0.15, -0.1) is 0 Å². The minimum atomic E-state index is -3.74. The quantitative estimate of drug-likeness (QED) is 0.482. The van der Waals surface area contributed by atoms with E-state index in [1.54, 1.807) is 24.3 Å². The Balaban J connectivity index is 1.56. The number of anilines is 1. The van der Waals surface area contributed by atoms with E-state index in [9.17, 15) is 13.2 Å². The van der Waals surface area contributed by atoms with Crippen LogP contribution in [0, 0.1) is 13.8 Å². The summed E-state index contributed by atoms with van der Waals surface area (Å²) >= 11 is 5.88. The van der Waals surface area contributed by atoms with Crippen LogP contribution in [0.1, 0.15) is 29.7 Å². The van der Waals surface area contributed by atoms with Gasteiger partial charge in [0.2, 0.25) is 0 Å². The van der Waals surface area contributed by atoms with E-state index in [1.165, 1.54) is 24.3 Å². The maximum atomic E-state index is 12.7. The summed E-state index contributed by atoms with van der Waals surface area (Å²) in [6.07, 6.45) is 0. The molecule has 0 spiro atoms. The highest BCUT2D eigenvalue weighted by molar-refractivity contribution is 7.92. The number of halogens is 1. The molecule has 0 aliphatic rings. The van der Waals surface area contributed by atoms with Gasteiger partial charge < -0.3 is 10.1 Å². The second kappa shape index (κ2) is 10.1. The van der Waals surface area contributed by atoms with Gasteiger partial charge in [0.1, 0.15) is 5.75 Å². The number of rotatable bonds is 8. The van der Waals surface area contributed by atoms with Crippen molar-refractivity contribution in [1.82, 2.24) is 5.32 Å². The molecule has 3 rings (SSSR count). The number of hydrogen-bond acceptors (Lipinski definition) is 4. The molecule has 1 atom stereocenters. The molecule has 32 heavy (non-hydrogen) atoms. The van der Waals surface area contributed by atoms with E-state index in [4.69, 9.17) is 16.3 Å². The van der Waals surface area contributed by atoms with Crippen LogP contribution in [0.25, 0.3) is 0 Å². The van der Waals surface area contributed by atoms with Crippen LogP contribution in [0.3, 0.4) is 0 Å². The predicted octanol–water partition coefficient (Wildman–Crippen LogP) is 5.01. The first kappa shape index (κ1) is 23.6. The molecule has 0 saturated heterocycles. The fourth-order valence-electron chi connectivity index (χ4n) is 3.23. The summed E-state index contributed by atoms with van der Waals surface area (Å²) < 4.78 is 33.4. The first-order valence-electron chi connectivity index (χ1n) is 10.0. The van der Waals surface area contributed by atoms with Gasteiger partial charge >= 0.3 is 0 Å². The van der Waals surface area contributed by atoms with Crippen LogP contribution in [-0.2, 0) is 14.8 Å². The zero-order chi connectivity index (χ0) is 23.3. The van der Waals surface area contributed by atoms with E-state index in [1.807, 2.05) is 39.0 Å². The lowest BCUT2D eigenvalue weighted by Gasteiger charge is -2.15. The predicted molar refractivity (Wildman–Crippen MR) is 127 cm³/mol. The first-order valence-corrected chi connectivity index (χ1v) is 11.9. The van der Waals surface area contributed by atoms with Gasteiger partial charge in [-0.1, -0.05) is 29.8 Å². The van der Waals surface area contributed by atoms with Gasteiger partial charge in [0.05, 0.1) is 10.9 Å². The van der Waals surface area contributed by atoms with Crippen LogP contribution >= 0.6 is 11.6 Å². The highest BCUT2D eigenvalue weighted by Gasteiger charge is 2.15. The molecule has 0 saturated carbocycles. The van der Waals surface area contributed by atoms with E-state index in [0.29, 0.717) is 16.5 Å². The molecule has 0 fully saturated rings. The lowest BCUT2D eigenvalue weighted by atomic mass is 10.1. The molecule has 2 N–H and O–H groups in total. The molecule has 1 amide bonds. The maximum Gasteiger partial charge on any atom is 0.261 e. The van der Waals surface area contributed by atoms with E-state index in [0.717, 1.165) is 16.7 Å². The number of aryl methyl sites for hydroxylation is 2. The average Bonchev–Trinajstić information content (AvgIpc) is 2.72. The monoisotopic (exact) mass is 472 g/mol. The molecule has 0 aliphatic heterocycles. The van der Waals surface area contributed by atoms with Gasteiger partial charge in [-0.3, -0.25) is 9.52 Å². The highest BCUT2D eigenvalue weighted by atomic mass is 35.5. The molecule has 0 radical (unpaired) electrons. The third kappa shape index (κ3) is 6.48. The molecule has 3 aromatic carbocycles. The number of hydrogen-bond donors (Lipinski definition) is 2. The summed E-state index contributed by atoms with van der Waals surface area (Å²) in [5, 5.41) is 3.47. The molecule has 3 aromatic rings. The van der Waals surface area contributed by atoms with Crippen molar-refractivity contribution in [2.45, 2.75) is 31.7 Å². The zero-order valence-corrected chi connectivity index (χ0v) is 19.6. The topological polar surface area (TPSA) is 84.5 Å². The summed E-state index contributed by atoms with van der Waals surface area (Å²) in [6, 6.07) is 18.4. The molecule has 0 heterocycles. The Morgan fingerprint density at radius 2 is 1.56 bits per heavy atom. The van der Waals surface area contributed by atoms with Crippen molar-refractivity contribution in [2.75, 3.05) is 11.3 Å². The van der Waals surface area contributed by atoms with Crippen molar-refractivity contribution in [3.8, 4) is 5.75 Å². The zero-order valence-electron chi connectivity index (χ0n) is 18.1. The minimum Gasteiger partial charge on any atom is -0.484 e. The summed E-state index contributed by atoms with van der Waals surface area (Å²) in [4.78, 5) is 12.3. The Kier molecular flexibility index (Phi) is 7.43. The number of sulfonamides is 1. The maximum absolute atomic E-state index is 12.7. The number of amides is 1. The summed E-state index contributed by atoms with van der Waals surface area (Å²) in [6.45, 7) is 5.49. The number of carbonyl (C=O) groups excluding carboxylic acids is 1. The largest absolute Gasteiger partial charge is 0.484 e. The molecule has 6 nitrogen and oxygen atoms in total. The van der Waals surface area contributed by atoms with Gasteiger partial charge in [0.15, 0.2) is 6.61 Å².